The van der Waals surface area contributed by atoms with Crippen LogP contribution in [-0.4, -0.2) is 50.8 Å². The number of amides is 1. The molecule has 1 N–H and O–H groups in total. The monoisotopic (exact) mass is 458 g/mol. The minimum atomic E-state index is -0.568. The van der Waals surface area contributed by atoms with Crippen LogP contribution >= 0.6 is 0 Å². The van der Waals surface area contributed by atoms with E-state index in [2.05, 4.69) is 28.4 Å². The van der Waals surface area contributed by atoms with Crippen molar-refractivity contribution in [1.29, 1.82) is 0 Å². The Hall–Kier alpha value is -3.35. The third-order valence-electron chi connectivity index (χ3n) is 7.01. The van der Waals surface area contributed by atoms with Gasteiger partial charge in [-0.25, -0.2) is 0 Å². The van der Waals surface area contributed by atoms with Gasteiger partial charge in [0.2, 0.25) is 5.91 Å². The second-order valence-electron chi connectivity index (χ2n) is 8.94. The van der Waals surface area contributed by atoms with Crippen molar-refractivity contribution in [3.05, 3.63) is 89.5 Å². The molecule has 3 aromatic carbocycles. The van der Waals surface area contributed by atoms with Crippen molar-refractivity contribution in [3.8, 4) is 11.5 Å². The Morgan fingerprint density at radius 1 is 0.971 bits per heavy atom. The molecule has 6 heteroatoms. The van der Waals surface area contributed by atoms with E-state index in [1.807, 2.05) is 54.6 Å². The lowest BCUT2D eigenvalue weighted by molar-refractivity contribution is -0.133. The lowest BCUT2D eigenvalue weighted by Gasteiger charge is -2.54. The second kappa shape index (κ2) is 9.49. The zero-order valence-electron chi connectivity index (χ0n) is 19.6. The number of methoxy groups -OCH3 is 2. The molecule has 0 bridgehead atoms. The third-order valence-corrected chi connectivity index (χ3v) is 7.01. The Morgan fingerprint density at radius 2 is 1.74 bits per heavy atom. The summed E-state index contributed by atoms with van der Waals surface area (Å²) in [5.41, 5.74) is 3.62. The molecule has 1 unspecified atom stereocenters. The van der Waals surface area contributed by atoms with Gasteiger partial charge < -0.3 is 19.5 Å². The number of likely N-dealkylation sites (tertiary alicyclic amines) is 1. The standard InChI is InChI=1S/C28H30N2O4/c1-32-15-14-30-19-28(26(30)16-20-8-10-22(33-2)11-9-20)24-13-12-23(17-25(24)29-27(28)31)34-18-21-6-4-3-5-7-21/h3-13,17,26H,14-16,18-19H2,1-2H3,(H,29,31)/t26-,28?/m1/s1. The Kier molecular flexibility index (Phi) is 6.26. The molecule has 1 fully saturated rings. The van der Waals surface area contributed by atoms with E-state index in [0.717, 1.165) is 41.3 Å². The van der Waals surface area contributed by atoms with Gasteiger partial charge in [0, 0.05) is 38.0 Å². The first kappa shape index (κ1) is 22.4. The predicted octanol–water partition coefficient (Wildman–Crippen LogP) is 4.04. The highest BCUT2D eigenvalue weighted by molar-refractivity contribution is 6.08. The number of hydrogen-bond donors (Lipinski definition) is 1. The van der Waals surface area contributed by atoms with Crippen LogP contribution in [0, 0.1) is 0 Å². The molecule has 0 saturated carbocycles. The zero-order chi connectivity index (χ0) is 23.5. The summed E-state index contributed by atoms with van der Waals surface area (Å²) < 4.78 is 16.6. The molecular weight excluding hydrogens is 428 g/mol. The van der Waals surface area contributed by atoms with E-state index >= 15 is 0 Å². The lowest BCUT2D eigenvalue weighted by atomic mass is 9.65. The highest BCUT2D eigenvalue weighted by atomic mass is 16.5. The first-order chi connectivity index (χ1) is 16.6. The number of benzene rings is 3. The number of carbonyl (C=O) groups is 1. The van der Waals surface area contributed by atoms with Crippen molar-refractivity contribution < 1.29 is 19.0 Å². The van der Waals surface area contributed by atoms with Crippen LogP contribution in [0.3, 0.4) is 0 Å². The molecule has 3 aromatic rings. The number of nitrogens with zero attached hydrogens (tertiary/aromatic N) is 1. The van der Waals surface area contributed by atoms with E-state index in [1.54, 1.807) is 14.2 Å². The largest absolute Gasteiger partial charge is 0.497 e. The quantitative estimate of drug-likeness (QED) is 0.525. The number of fused-ring (bicyclic) bond motifs is 2. The van der Waals surface area contributed by atoms with Gasteiger partial charge in [-0.1, -0.05) is 48.5 Å². The molecule has 176 valence electrons. The van der Waals surface area contributed by atoms with Crippen LogP contribution in [-0.2, 0) is 28.0 Å². The van der Waals surface area contributed by atoms with E-state index < -0.39 is 5.41 Å². The van der Waals surface area contributed by atoms with Crippen molar-refractivity contribution >= 4 is 11.6 Å². The maximum absolute atomic E-state index is 13.4. The molecule has 2 aliphatic rings. The first-order valence-electron chi connectivity index (χ1n) is 11.6. The van der Waals surface area contributed by atoms with Gasteiger partial charge in [0.15, 0.2) is 0 Å². The molecule has 2 aliphatic heterocycles. The molecule has 2 atom stereocenters. The van der Waals surface area contributed by atoms with E-state index in [0.29, 0.717) is 19.8 Å². The van der Waals surface area contributed by atoms with Gasteiger partial charge in [-0.15, -0.1) is 0 Å². The number of nitrogens with one attached hydrogen (secondary N) is 1. The fraction of sp³-hybridized carbons (Fsp3) is 0.321. The third kappa shape index (κ3) is 4.04. The number of hydrogen-bond acceptors (Lipinski definition) is 5. The summed E-state index contributed by atoms with van der Waals surface area (Å²) in [6, 6.07) is 24.2. The Balaban J connectivity index is 1.39. The molecular formula is C28H30N2O4. The maximum Gasteiger partial charge on any atom is 0.238 e. The second-order valence-corrected chi connectivity index (χ2v) is 8.94. The van der Waals surface area contributed by atoms with Crippen molar-refractivity contribution in [3.63, 3.8) is 0 Å². The van der Waals surface area contributed by atoms with Gasteiger partial charge in [-0.2, -0.15) is 0 Å². The van der Waals surface area contributed by atoms with Crippen LogP contribution in [0.1, 0.15) is 16.7 Å². The summed E-state index contributed by atoms with van der Waals surface area (Å²) >= 11 is 0. The van der Waals surface area contributed by atoms with E-state index in [-0.39, 0.29) is 11.9 Å². The normalized spacial score (nSPS) is 21.1. The predicted molar refractivity (Wildman–Crippen MR) is 131 cm³/mol. The molecule has 1 saturated heterocycles. The fourth-order valence-electron chi connectivity index (χ4n) is 5.16. The van der Waals surface area contributed by atoms with Crippen LogP contribution in [0.5, 0.6) is 11.5 Å². The summed E-state index contributed by atoms with van der Waals surface area (Å²) in [4.78, 5) is 15.8. The summed E-state index contributed by atoms with van der Waals surface area (Å²) in [6.07, 6.45) is 0.771. The number of anilines is 1. The number of carbonyl (C=O) groups excluding carboxylic acids is 1. The molecule has 34 heavy (non-hydrogen) atoms. The number of rotatable bonds is 9. The molecule has 5 rings (SSSR count). The molecule has 1 amide bonds. The van der Waals surface area contributed by atoms with E-state index in [9.17, 15) is 4.79 Å². The average Bonchev–Trinajstić information content (AvgIpc) is 3.17. The van der Waals surface area contributed by atoms with Gasteiger partial charge >= 0.3 is 0 Å². The van der Waals surface area contributed by atoms with Crippen molar-refractivity contribution in [2.75, 3.05) is 39.2 Å². The molecule has 0 radical (unpaired) electrons. The Morgan fingerprint density at radius 3 is 2.47 bits per heavy atom. The first-order valence-corrected chi connectivity index (χ1v) is 11.6. The minimum absolute atomic E-state index is 0.0494. The fourth-order valence-corrected chi connectivity index (χ4v) is 5.16. The summed E-state index contributed by atoms with van der Waals surface area (Å²) in [5, 5.41) is 3.14. The number of ether oxygens (including phenoxy) is 3. The molecule has 2 heterocycles. The van der Waals surface area contributed by atoms with Crippen LogP contribution < -0.4 is 14.8 Å². The van der Waals surface area contributed by atoms with Crippen molar-refractivity contribution in [2.45, 2.75) is 24.5 Å². The van der Waals surface area contributed by atoms with Gasteiger partial charge in [-0.3, -0.25) is 9.69 Å². The van der Waals surface area contributed by atoms with Gasteiger partial charge in [-0.05, 0) is 41.3 Å². The highest BCUT2D eigenvalue weighted by Gasteiger charge is 2.61. The minimum Gasteiger partial charge on any atom is -0.497 e. The summed E-state index contributed by atoms with van der Waals surface area (Å²) in [7, 11) is 3.38. The molecule has 1 spiro atoms. The molecule has 0 aromatic heterocycles. The lowest BCUT2D eigenvalue weighted by Crippen LogP contribution is -2.71. The zero-order valence-corrected chi connectivity index (χ0v) is 19.6. The van der Waals surface area contributed by atoms with Gasteiger partial charge in [0.1, 0.15) is 23.5 Å². The average molecular weight is 459 g/mol. The Labute approximate surface area is 200 Å². The van der Waals surface area contributed by atoms with Crippen LogP contribution in [0.25, 0.3) is 0 Å². The maximum atomic E-state index is 13.4. The van der Waals surface area contributed by atoms with Crippen molar-refractivity contribution in [1.82, 2.24) is 4.90 Å². The Bertz CT molecular complexity index is 1150. The van der Waals surface area contributed by atoms with Crippen LogP contribution in [0.4, 0.5) is 5.69 Å². The van der Waals surface area contributed by atoms with Crippen LogP contribution in [0.2, 0.25) is 0 Å². The topological polar surface area (TPSA) is 60.0 Å². The molecule has 6 nitrogen and oxygen atoms in total. The van der Waals surface area contributed by atoms with E-state index in [1.165, 1.54) is 5.56 Å². The summed E-state index contributed by atoms with van der Waals surface area (Å²) in [5.74, 6) is 1.65. The highest BCUT2D eigenvalue weighted by Crippen LogP contribution is 2.50. The smallest absolute Gasteiger partial charge is 0.238 e. The van der Waals surface area contributed by atoms with E-state index in [4.69, 9.17) is 14.2 Å². The summed E-state index contributed by atoms with van der Waals surface area (Å²) in [6.45, 7) is 2.60. The molecule has 0 aliphatic carbocycles. The van der Waals surface area contributed by atoms with Gasteiger partial charge in [0.25, 0.3) is 0 Å². The van der Waals surface area contributed by atoms with Crippen molar-refractivity contribution in [2.24, 2.45) is 0 Å². The van der Waals surface area contributed by atoms with Crippen LogP contribution in [0.15, 0.2) is 72.8 Å². The SMILES string of the molecule is COCCN1CC2(C(=O)Nc3cc(OCc4ccccc4)ccc32)[C@H]1Cc1ccc(OC)cc1. The van der Waals surface area contributed by atoms with Gasteiger partial charge in [0.05, 0.1) is 13.7 Å².